The van der Waals surface area contributed by atoms with Crippen molar-refractivity contribution >= 4 is 15.8 Å². The van der Waals surface area contributed by atoms with Crippen molar-refractivity contribution in [3.05, 3.63) is 36.4 Å². The molecule has 0 fully saturated rings. The third-order valence-electron chi connectivity index (χ3n) is 1.89. The van der Waals surface area contributed by atoms with Crippen molar-refractivity contribution in [1.82, 2.24) is 0 Å². The molecule has 0 aliphatic carbocycles. The number of carboxylic acid groups (broad SMARTS) is 1. The van der Waals surface area contributed by atoms with Gasteiger partial charge in [-0.1, -0.05) is 6.08 Å². The van der Waals surface area contributed by atoms with E-state index in [1.165, 1.54) is 6.08 Å². The summed E-state index contributed by atoms with van der Waals surface area (Å²) in [6, 6.07) is 3.12. The van der Waals surface area contributed by atoms with Crippen LogP contribution in [-0.4, -0.2) is 30.4 Å². The molecule has 0 aliphatic rings. The second kappa shape index (κ2) is 4.36. The summed E-state index contributed by atoms with van der Waals surface area (Å²) in [5, 5.41) is 17.9. The Morgan fingerprint density at radius 2 is 2.06 bits per heavy atom. The van der Waals surface area contributed by atoms with Crippen LogP contribution >= 0.6 is 0 Å². The Hall–Kier alpha value is -1.82. The zero-order chi connectivity index (χ0) is 12.3. The Morgan fingerprint density at radius 1 is 1.44 bits per heavy atom. The molecule has 1 rings (SSSR count). The normalized spacial score (nSPS) is 11.0. The fourth-order valence-corrected chi connectivity index (χ4v) is 2.21. The van der Waals surface area contributed by atoms with Gasteiger partial charge in [-0.3, -0.25) is 0 Å². The predicted molar refractivity (Wildman–Crippen MR) is 57.3 cm³/mol. The van der Waals surface area contributed by atoms with Crippen molar-refractivity contribution in [2.24, 2.45) is 0 Å². The molecule has 6 heteroatoms. The fourth-order valence-electron chi connectivity index (χ4n) is 1.13. The summed E-state index contributed by atoms with van der Waals surface area (Å²) < 4.78 is 23.1. The van der Waals surface area contributed by atoms with Crippen LogP contribution in [0.2, 0.25) is 0 Å². The molecule has 86 valence electrons. The Kier molecular flexibility index (Phi) is 3.34. The topological polar surface area (TPSA) is 91.7 Å². The Morgan fingerprint density at radius 3 is 2.56 bits per heavy atom. The van der Waals surface area contributed by atoms with Crippen LogP contribution in [0.15, 0.2) is 35.7 Å². The van der Waals surface area contributed by atoms with Crippen molar-refractivity contribution in [2.45, 2.75) is 4.90 Å². The van der Waals surface area contributed by atoms with E-state index in [0.717, 1.165) is 18.2 Å². The molecule has 0 amide bonds. The van der Waals surface area contributed by atoms with Crippen LogP contribution in [0.25, 0.3) is 0 Å². The first-order valence-corrected chi connectivity index (χ1v) is 5.93. The third-order valence-corrected chi connectivity index (χ3v) is 3.54. The monoisotopic (exact) mass is 242 g/mol. The fraction of sp³-hybridized carbons (Fsp3) is 0.100. The minimum Gasteiger partial charge on any atom is -0.507 e. The number of rotatable bonds is 4. The predicted octanol–water partition coefficient (Wildman–Crippen LogP) is 1.05. The maximum atomic E-state index is 11.6. The lowest BCUT2D eigenvalue weighted by molar-refractivity contribution is 0.0693. The van der Waals surface area contributed by atoms with Crippen LogP contribution in [0.4, 0.5) is 0 Å². The van der Waals surface area contributed by atoms with Gasteiger partial charge in [0, 0.05) is 0 Å². The van der Waals surface area contributed by atoms with E-state index < -0.39 is 27.1 Å². The summed E-state index contributed by atoms with van der Waals surface area (Å²) in [4.78, 5) is 10.5. The molecule has 0 radical (unpaired) electrons. The Bertz CT molecular complexity index is 530. The van der Waals surface area contributed by atoms with Gasteiger partial charge in [-0.25, -0.2) is 13.2 Å². The highest BCUT2D eigenvalue weighted by atomic mass is 32.2. The molecular weight excluding hydrogens is 232 g/mol. The van der Waals surface area contributed by atoms with E-state index in [1.54, 1.807) is 0 Å². The first kappa shape index (κ1) is 12.3. The molecule has 1 aromatic carbocycles. The summed E-state index contributed by atoms with van der Waals surface area (Å²) in [7, 11) is -3.58. The van der Waals surface area contributed by atoms with E-state index in [1.807, 2.05) is 0 Å². The smallest absolute Gasteiger partial charge is 0.339 e. The van der Waals surface area contributed by atoms with Gasteiger partial charge in [0.2, 0.25) is 0 Å². The maximum Gasteiger partial charge on any atom is 0.339 e. The molecule has 0 heterocycles. The third kappa shape index (κ3) is 2.40. The zero-order valence-corrected chi connectivity index (χ0v) is 9.07. The minimum atomic E-state index is -3.58. The lowest BCUT2D eigenvalue weighted by Gasteiger charge is -2.04. The van der Waals surface area contributed by atoms with Gasteiger partial charge in [-0.05, 0) is 18.2 Å². The number of benzene rings is 1. The summed E-state index contributed by atoms with van der Waals surface area (Å²) in [5.41, 5.74) is -0.440. The molecule has 0 atom stereocenters. The quantitative estimate of drug-likeness (QED) is 0.770. The van der Waals surface area contributed by atoms with Crippen LogP contribution in [-0.2, 0) is 9.84 Å². The number of aromatic carboxylic acids is 1. The largest absolute Gasteiger partial charge is 0.507 e. The Labute approximate surface area is 92.6 Å². The molecule has 16 heavy (non-hydrogen) atoms. The van der Waals surface area contributed by atoms with Gasteiger partial charge >= 0.3 is 5.97 Å². The number of sulfone groups is 1. The molecule has 5 nitrogen and oxygen atoms in total. The number of carbonyl (C=O) groups is 1. The number of aromatic hydroxyl groups is 1. The number of hydrogen-bond donors (Lipinski definition) is 2. The highest BCUT2D eigenvalue weighted by Gasteiger charge is 2.17. The molecule has 0 aromatic heterocycles. The molecule has 0 unspecified atom stereocenters. The van der Waals surface area contributed by atoms with E-state index in [-0.39, 0.29) is 10.6 Å². The average Bonchev–Trinajstić information content (AvgIpc) is 2.17. The van der Waals surface area contributed by atoms with E-state index in [9.17, 15) is 18.3 Å². The second-order valence-corrected chi connectivity index (χ2v) is 5.09. The van der Waals surface area contributed by atoms with Crippen LogP contribution in [0.3, 0.4) is 0 Å². The minimum absolute atomic E-state index is 0.150. The van der Waals surface area contributed by atoms with Crippen LogP contribution in [0.5, 0.6) is 5.75 Å². The van der Waals surface area contributed by atoms with Crippen molar-refractivity contribution in [1.29, 1.82) is 0 Å². The van der Waals surface area contributed by atoms with Gasteiger partial charge < -0.3 is 10.2 Å². The SMILES string of the molecule is C=CCS(=O)(=O)c1ccc(O)c(C(=O)O)c1. The molecule has 0 aliphatic heterocycles. The molecule has 0 spiro atoms. The van der Waals surface area contributed by atoms with E-state index >= 15 is 0 Å². The summed E-state index contributed by atoms with van der Waals surface area (Å²) in [6.45, 7) is 3.30. The highest BCUT2D eigenvalue weighted by Crippen LogP contribution is 2.22. The van der Waals surface area contributed by atoms with Crippen molar-refractivity contribution in [3.8, 4) is 5.75 Å². The molecule has 0 saturated heterocycles. The number of hydrogen-bond acceptors (Lipinski definition) is 4. The van der Waals surface area contributed by atoms with Gasteiger partial charge in [-0.15, -0.1) is 6.58 Å². The number of phenols is 1. The van der Waals surface area contributed by atoms with E-state index in [4.69, 9.17) is 5.11 Å². The Balaban J connectivity index is 3.33. The van der Waals surface area contributed by atoms with E-state index in [0.29, 0.717) is 0 Å². The van der Waals surface area contributed by atoms with Crippen LogP contribution in [0.1, 0.15) is 10.4 Å². The lowest BCUT2D eigenvalue weighted by atomic mass is 10.2. The number of carboxylic acids is 1. The average molecular weight is 242 g/mol. The van der Waals surface area contributed by atoms with Crippen molar-refractivity contribution in [2.75, 3.05) is 5.75 Å². The first-order chi connectivity index (χ1) is 7.38. The summed E-state index contributed by atoms with van der Waals surface area (Å²) in [5.74, 6) is -2.13. The van der Waals surface area contributed by atoms with Gasteiger partial charge in [0.1, 0.15) is 11.3 Å². The van der Waals surface area contributed by atoms with Gasteiger partial charge in [0.25, 0.3) is 0 Å². The van der Waals surface area contributed by atoms with Gasteiger partial charge in [-0.2, -0.15) is 0 Å². The summed E-state index contributed by atoms with van der Waals surface area (Å²) >= 11 is 0. The molecule has 1 aromatic rings. The van der Waals surface area contributed by atoms with Crippen LogP contribution in [0, 0.1) is 0 Å². The maximum absolute atomic E-state index is 11.6. The standard InChI is InChI=1S/C10H10O5S/c1-2-5-16(14,15)7-3-4-9(11)8(6-7)10(12)13/h2-4,6,11H,1,5H2,(H,12,13). The molecular formula is C10H10O5S. The van der Waals surface area contributed by atoms with Gasteiger partial charge in [0.15, 0.2) is 9.84 Å². The summed E-state index contributed by atoms with van der Waals surface area (Å²) in [6.07, 6.45) is 1.21. The molecule has 2 N–H and O–H groups in total. The van der Waals surface area contributed by atoms with Crippen LogP contribution < -0.4 is 0 Å². The zero-order valence-electron chi connectivity index (χ0n) is 8.25. The lowest BCUT2D eigenvalue weighted by Crippen LogP contribution is -2.06. The van der Waals surface area contributed by atoms with Crippen molar-refractivity contribution < 1.29 is 23.4 Å². The van der Waals surface area contributed by atoms with E-state index in [2.05, 4.69) is 6.58 Å². The van der Waals surface area contributed by atoms with Gasteiger partial charge in [0.05, 0.1) is 10.6 Å². The second-order valence-electron chi connectivity index (χ2n) is 3.05. The highest BCUT2D eigenvalue weighted by molar-refractivity contribution is 7.91. The molecule has 0 saturated carbocycles. The first-order valence-electron chi connectivity index (χ1n) is 4.28. The molecule has 0 bridgehead atoms. The van der Waals surface area contributed by atoms with Crippen molar-refractivity contribution in [3.63, 3.8) is 0 Å².